The first-order valence-corrected chi connectivity index (χ1v) is 7.02. The lowest BCUT2D eigenvalue weighted by Gasteiger charge is -2.30. The Morgan fingerprint density at radius 1 is 1.41 bits per heavy atom. The first-order valence-electron chi connectivity index (χ1n) is 5.58. The zero-order valence-electron chi connectivity index (χ0n) is 10.0. The second-order valence-electron chi connectivity index (χ2n) is 4.91. The number of rotatable bonds is 2. The summed E-state index contributed by atoms with van der Waals surface area (Å²) >= 11 is 0. The van der Waals surface area contributed by atoms with Crippen LogP contribution in [0.4, 0.5) is 5.82 Å². The van der Waals surface area contributed by atoms with Crippen LogP contribution in [0.15, 0.2) is 23.2 Å². The molecule has 0 aliphatic carbocycles. The monoisotopic (exact) mass is 255 g/mol. The van der Waals surface area contributed by atoms with E-state index in [9.17, 15) is 8.42 Å². The maximum absolute atomic E-state index is 12.4. The first-order chi connectivity index (χ1) is 7.84. The molecule has 0 spiro atoms. The molecule has 2 heterocycles. The van der Waals surface area contributed by atoms with Crippen LogP contribution in [-0.2, 0) is 10.0 Å². The molecule has 17 heavy (non-hydrogen) atoms. The molecule has 0 amide bonds. The van der Waals surface area contributed by atoms with Gasteiger partial charge in [0.15, 0.2) is 0 Å². The van der Waals surface area contributed by atoms with Gasteiger partial charge in [-0.1, -0.05) is 0 Å². The molecule has 0 atom stereocenters. The van der Waals surface area contributed by atoms with Gasteiger partial charge in [-0.2, -0.15) is 4.31 Å². The van der Waals surface area contributed by atoms with Crippen LogP contribution in [0.3, 0.4) is 0 Å². The van der Waals surface area contributed by atoms with Crippen molar-refractivity contribution in [2.24, 2.45) is 0 Å². The standard InChI is InChI=1S/C11H17N3O2S/c1-11(2)6-3-7-14(11)17(15,16)9-4-5-10(12)13-8-9/h4-5,8H,3,6-7H2,1-2H3,(H2,12,13). The zero-order chi connectivity index (χ0) is 12.7. The van der Waals surface area contributed by atoms with Gasteiger partial charge in [0.1, 0.15) is 10.7 Å². The lowest BCUT2D eigenvalue weighted by molar-refractivity contribution is 0.291. The van der Waals surface area contributed by atoms with Gasteiger partial charge in [0.2, 0.25) is 10.0 Å². The summed E-state index contributed by atoms with van der Waals surface area (Å²) in [5, 5.41) is 0. The lowest BCUT2D eigenvalue weighted by atomic mass is 10.0. The van der Waals surface area contributed by atoms with E-state index in [1.54, 1.807) is 4.31 Å². The van der Waals surface area contributed by atoms with E-state index in [4.69, 9.17) is 5.73 Å². The highest BCUT2D eigenvalue weighted by atomic mass is 32.2. The molecule has 5 nitrogen and oxygen atoms in total. The molecule has 1 aliphatic heterocycles. The van der Waals surface area contributed by atoms with Gasteiger partial charge in [-0.25, -0.2) is 13.4 Å². The van der Waals surface area contributed by atoms with Gasteiger partial charge >= 0.3 is 0 Å². The Balaban J connectivity index is 2.40. The first kappa shape index (κ1) is 12.3. The SMILES string of the molecule is CC1(C)CCCN1S(=O)(=O)c1ccc(N)nc1. The van der Waals surface area contributed by atoms with Gasteiger partial charge < -0.3 is 5.73 Å². The molecule has 94 valence electrons. The van der Waals surface area contributed by atoms with Gasteiger partial charge in [-0.15, -0.1) is 0 Å². The minimum atomic E-state index is -3.45. The van der Waals surface area contributed by atoms with Crippen LogP contribution < -0.4 is 5.73 Å². The van der Waals surface area contributed by atoms with Gasteiger partial charge in [0, 0.05) is 18.3 Å². The Labute approximate surface area is 102 Å². The van der Waals surface area contributed by atoms with E-state index in [0.717, 1.165) is 12.8 Å². The van der Waals surface area contributed by atoms with Crippen LogP contribution in [0.2, 0.25) is 0 Å². The number of hydrogen-bond donors (Lipinski definition) is 1. The minimum absolute atomic E-state index is 0.210. The molecule has 0 radical (unpaired) electrons. The smallest absolute Gasteiger partial charge is 0.245 e. The van der Waals surface area contributed by atoms with Crippen molar-refractivity contribution < 1.29 is 8.42 Å². The molecule has 1 fully saturated rings. The zero-order valence-corrected chi connectivity index (χ0v) is 10.9. The Kier molecular flexibility index (Phi) is 2.87. The van der Waals surface area contributed by atoms with Crippen molar-refractivity contribution in [2.45, 2.75) is 37.1 Å². The van der Waals surface area contributed by atoms with Crippen molar-refractivity contribution in [3.05, 3.63) is 18.3 Å². The lowest BCUT2D eigenvalue weighted by Crippen LogP contribution is -2.42. The molecule has 0 bridgehead atoms. The minimum Gasteiger partial charge on any atom is -0.384 e. The summed E-state index contributed by atoms with van der Waals surface area (Å²) in [6.07, 6.45) is 3.10. The second-order valence-corrected chi connectivity index (χ2v) is 6.77. The highest BCUT2D eigenvalue weighted by Crippen LogP contribution is 2.33. The van der Waals surface area contributed by atoms with Crippen LogP contribution >= 0.6 is 0 Å². The van der Waals surface area contributed by atoms with Crippen molar-refractivity contribution >= 4 is 15.8 Å². The molecule has 1 aliphatic rings. The van der Waals surface area contributed by atoms with E-state index in [-0.39, 0.29) is 10.4 Å². The summed E-state index contributed by atoms with van der Waals surface area (Å²) in [5.41, 5.74) is 5.14. The number of anilines is 1. The number of nitrogen functional groups attached to an aromatic ring is 1. The fourth-order valence-corrected chi connectivity index (χ4v) is 3.99. The van der Waals surface area contributed by atoms with Gasteiger partial charge in [-0.3, -0.25) is 0 Å². The number of nitrogens with zero attached hydrogens (tertiary/aromatic N) is 2. The summed E-state index contributed by atoms with van der Waals surface area (Å²) in [6.45, 7) is 4.46. The number of hydrogen-bond acceptors (Lipinski definition) is 4. The number of nitrogens with two attached hydrogens (primary N) is 1. The van der Waals surface area contributed by atoms with E-state index in [1.165, 1.54) is 18.3 Å². The van der Waals surface area contributed by atoms with Crippen molar-refractivity contribution in [1.29, 1.82) is 0 Å². The Morgan fingerprint density at radius 3 is 2.59 bits per heavy atom. The van der Waals surface area contributed by atoms with Gasteiger partial charge in [0.05, 0.1) is 0 Å². The number of pyridine rings is 1. The van der Waals surface area contributed by atoms with Crippen LogP contribution in [-0.4, -0.2) is 29.8 Å². The predicted octanol–water partition coefficient (Wildman–Crippen LogP) is 1.23. The van der Waals surface area contributed by atoms with Crippen LogP contribution in [0.5, 0.6) is 0 Å². The summed E-state index contributed by atoms with van der Waals surface area (Å²) in [4.78, 5) is 4.05. The summed E-state index contributed by atoms with van der Waals surface area (Å²) in [7, 11) is -3.45. The average Bonchev–Trinajstić information content (AvgIpc) is 2.59. The van der Waals surface area contributed by atoms with Crippen LogP contribution in [0, 0.1) is 0 Å². The fraction of sp³-hybridized carbons (Fsp3) is 0.545. The average molecular weight is 255 g/mol. The topological polar surface area (TPSA) is 76.3 Å². The molecule has 1 aromatic heterocycles. The molecule has 6 heteroatoms. The van der Waals surface area contributed by atoms with Crippen LogP contribution in [0.25, 0.3) is 0 Å². The highest BCUT2D eigenvalue weighted by Gasteiger charge is 2.40. The molecule has 2 N–H and O–H groups in total. The Morgan fingerprint density at radius 2 is 2.12 bits per heavy atom. The third kappa shape index (κ3) is 2.14. The van der Waals surface area contributed by atoms with Gasteiger partial charge in [-0.05, 0) is 38.8 Å². The van der Waals surface area contributed by atoms with Crippen molar-refractivity contribution in [3.63, 3.8) is 0 Å². The van der Waals surface area contributed by atoms with E-state index in [1.807, 2.05) is 13.8 Å². The maximum atomic E-state index is 12.4. The van der Waals surface area contributed by atoms with E-state index < -0.39 is 10.0 Å². The molecule has 0 saturated carbocycles. The van der Waals surface area contributed by atoms with Crippen molar-refractivity contribution in [1.82, 2.24) is 9.29 Å². The quantitative estimate of drug-likeness (QED) is 0.862. The molecule has 2 rings (SSSR count). The molecular weight excluding hydrogens is 238 g/mol. The van der Waals surface area contributed by atoms with Crippen molar-refractivity contribution in [2.75, 3.05) is 12.3 Å². The van der Waals surface area contributed by atoms with Crippen molar-refractivity contribution in [3.8, 4) is 0 Å². The summed E-state index contributed by atoms with van der Waals surface area (Å²) in [5.74, 6) is 0.324. The maximum Gasteiger partial charge on any atom is 0.245 e. The molecule has 1 aromatic rings. The largest absolute Gasteiger partial charge is 0.384 e. The van der Waals surface area contributed by atoms with E-state index in [2.05, 4.69) is 4.98 Å². The normalized spacial score (nSPS) is 20.6. The Hall–Kier alpha value is -1.14. The highest BCUT2D eigenvalue weighted by molar-refractivity contribution is 7.89. The Bertz CT molecular complexity index is 508. The molecular formula is C11H17N3O2S. The molecule has 0 unspecified atom stereocenters. The van der Waals surface area contributed by atoms with E-state index >= 15 is 0 Å². The third-order valence-electron chi connectivity index (χ3n) is 3.17. The predicted molar refractivity (Wildman–Crippen MR) is 65.9 cm³/mol. The van der Waals surface area contributed by atoms with E-state index in [0.29, 0.717) is 12.4 Å². The molecule has 1 saturated heterocycles. The number of aromatic nitrogens is 1. The van der Waals surface area contributed by atoms with Crippen LogP contribution in [0.1, 0.15) is 26.7 Å². The molecule has 0 aromatic carbocycles. The fourth-order valence-electron chi connectivity index (χ4n) is 2.20. The number of sulfonamides is 1. The summed E-state index contributed by atoms with van der Waals surface area (Å²) < 4.78 is 26.4. The second kappa shape index (κ2) is 3.96. The summed E-state index contributed by atoms with van der Waals surface area (Å²) in [6, 6.07) is 3.02. The third-order valence-corrected chi connectivity index (χ3v) is 5.27. The van der Waals surface area contributed by atoms with Gasteiger partial charge in [0.25, 0.3) is 0 Å².